The summed E-state index contributed by atoms with van der Waals surface area (Å²) >= 11 is 0. The average molecular weight is 403 g/mol. The van der Waals surface area contributed by atoms with E-state index in [9.17, 15) is 18.0 Å². The van der Waals surface area contributed by atoms with Crippen molar-refractivity contribution < 1.29 is 23.1 Å². The van der Waals surface area contributed by atoms with Gasteiger partial charge in [-0.25, -0.2) is 18.6 Å². The number of benzene rings is 2. The van der Waals surface area contributed by atoms with Crippen LogP contribution in [0.5, 0.6) is 0 Å². The van der Waals surface area contributed by atoms with E-state index in [1.807, 2.05) is 6.07 Å². The first kappa shape index (κ1) is 21.1. The molecule has 8 nitrogen and oxygen atoms in total. The van der Waals surface area contributed by atoms with Crippen molar-refractivity contribution in [2.24, 2.45) is 5.10 Å². The third kappa shape index (κ3) is 5.40. The number of aryl methyl sites for hydroxylation is 2. The molecule has 2 aromatic rings. The quantitative estimate of drug-likeness (QED) is 0.541. The summed E-state index contributed by atoms with van der Waals surface area (Å²) in [6.07, 6.45) is 2.38. The molecule has 1 amide bonds. The maximum atomic E-state index is 12.2. The number of nitrogens with zero attached hydrogens (tertiary/aromatic N) is 2. The number of carbonyl (C=O) groups is 2. The van der Waals surface area contributed by atoms with Gasteiger partial charge in [0.2, 0.25) is 10.0 Å². The zero-order valence-corrected chi connectivity index (χ0v) is 16.5. The highest BCUT2D eigenvalue weighted by molar-refractivity contribution is 7.92. The lowest BCUT2D eigenvalue weighted by Gasteiger charge is -2.25. The van der Waals surface area contributed by atoms with Crippen LogP contribution in [-0.2, 0) is 14.8 Å². The Bertz CT molecular complexity index is 994. The molecule has 28 heavy (non-hydrogen) atoms. The van der Waals surface area contributed by atoms with Crippen LogP contribution in [-0.4, -0.2) is 44.4 Å². The zero-order valence-electron chi connectivity index (χ0n) is 15.7. The van der Waals surface area contributed by atoms with Gasteiger partial charge in [0.25, 0.3) is 5.91 Å². The van der Waals surface area contributed by atoms with Gasteiger partial charge in [-0.15, -0.1) is 0 Å². The third-order valence-electron chi connectivity index (χ3n) is 3.94. The fraction of sp³-hybridized carbons (Fsp3) is 0.211. The molecule has 0 bridgehead atoms. The number of hydrazone groups is 1. The summed E-state index contributed by atoms with van der Waals surface area (Å²) in [6, 6.07) is 11.3. The number of hydrogen-bond acceptors (Lipinski definition) is 5. The van der Waals surface area contributed by atoms with E-state index in [4.69, 9.17) is 5.11 Å². The van der Waals surface area contributed by atoms with Crippen LogP contribution in [0.4, 0.5) is 5.69 Å². The third-order valence-corrected chi connectivity index (χ3v) is 5.05. The number of carboxylic acids is 1. The number of carboxylic acid groups (broad SMARTS) is 1. The molecule has 0 saturated heterocycles. The molecule has 0 spiro atoms. The van der Waals surface area contributed by atoms with Crippen LogP contribution in [0.15, 0.2) is 47.6 Å². The highest BCUT2D eigenvalue weighted by Gasteiger charge is 2.23. The number of anilines is 1. The Morgan fingerprint density at radius 2 is 1.68 bits per heavy atom. The van der Waals surface area contributed by atoms with E-state index < -0.39 is 28.4 Å². The van der Waals surface area contributed by atoms with Crippen LogP contribution < -0.4 is 9.73 Å². The van der Waals surface area contributed by atoms with E-state index in [0.717, 1.165) is 21.7 Å². The molecule has 0 unspecified atom stereocenters. The fourth-order valence-corrected chi connectivity index (χ4v) is 3.59. The molecule has 2 N–H and O–H groups in total. The summed E-state index contributed by atoms with van der Waals surface area (Å²) in [5.74, 6) is -1.64. The van der Waals surface area contributed by atoms with E-state index in [2.05, 4.69) is 10.5 Å². The molecule has 2 rings (SSSR count). The number of sulfonamides is 1. The minimum Gasteiger partial charge on any atom is -0.478 e. The summed E-state index contributed by atoms with van der Waals surface area (Å²) in [5, 5.41) is 12.7. The number of hydrogen-bond donors (Lipinski definition) is 2. The van der Waals surface area contributed by atoms with Crippen molar-refractivity contribution in [2.45, 2.75) is 13.8 Å². The molecule has 0 aliphatic rings. The van der Waals surface area contributed by atoms with Gasteiger partial charge in [0, 0.05) is 0 Å². The van der Waals surface area contributed by atoms with Gasteiger partial charge in [0.15, 0.2) is 0 Å². The second kappa shape index (κ2) is 8.66. The monoisotopic (exact) mass is 403 g/mol. The molecular formula is C19H21N3O5S. The number of rotatable bonds is 7. The van der Waals surface area contributed by atoms with Crippen molar-refractivity contribution in [1.29, 1.82) is 0 Å². The van der Waals surface area contributed by atoms with Gasteiger partial charge in [0.05, 0.1) is 23.7 Å². The van der Waals surface area contributed by atoms with Gasteiger partial charge in [-0.2, -0.15) is 5.10 Å². The maximum absolute atomic E-state index is 12.2. The van der Waals surface area contributed by atoms with E-state index in [1.165, 1.54) is 18.3 Å². The Kier molecular flexibility index (Phi) is 6.53. The molecule has 0 aliphatic carbocycles. The normalized spacial score (nSPS) is 11.4. The Hall–Kier alpha value is -3.20. The lowest BCUT2D eigenvalue weighted by molar-refractivity contribution is -0.119. The average Bonchev–Trinajstić information content (AvgIpc) is 2.60. The SMILES string of the molecule is Cc1cccc(C)c1N(CC(=O)N/N=C\c1ccc(C(=O)O)cc1)S(C)(=O)=O. The standard InChI is InChI=1S/C19H21N3O5S/c1-13-5-4-6-14(2)18(13)22(28(3,26)27)12-17(23)21-20-11-15-7-9-16(10-8-15)19(24)25/h4-11H,12H2,1-3H3,(H,21,23)(H,24,25)/b20-11-. The Morgan fingerprint density at radius 3 is 2.18 bits per heavy atom. The first-order valence-corrected chi connectivity index (χ1v) is 10.1. The van der Waals surface area contributed by atoms with Gasteiger partial charge in [-0.05, 0) is 42.7 Å². The van der Waals surface area contributed by atoms with Crippen molar-refractivity contribution >= 4 is 33.8 Å². The van der Waals surface area contributed by atoms with Crippen molar-refractivity contribution in [3.8, 4) is 0 Å². The Balaban J connectivity index is 2.11. The van der Waals surface area contributed by atoms with Crippen LogP contribution in [0, 0.1) is 13.8 Å². The predicted octanol–water partition coefficient (Wildman–Crippen LogP) is 1.92. The van der Waals surface area contributed by atoms with Crippen LogP contribution in [0.3, 0.4) is 0 Å². The molecule has 0 fully saturated rings. The highest BCUT2D eigenvalue weighted by atomic mass is 32.2. The Morgan fingerprint density at radius 1 is 1.11 bits per heavy atom. The lowest BCUT2D eigenvalue weighted by Crippen LogP contribution is -2.39. The molecule has 0 aromatic heterocycles. The minimum absolute atomic E-state index is 0.138. The van der Waals surface area contributed by atoms with Gasteiger partial charge < -0.3 is 5.11 Å². The van der Waals surface area contributed by atoms with Crippen LogP contribution in [0.2, 0.25) is 0 Å². The summed E-state index contributed by atoms with van der Waals surface area (Å²) in [5.41, 5.74) is 4.95. The largest absolute Gasteiger partial charge is 0.478 e. The lowest BCUT2D eigenvalue weighted by atomic mass is 10.1. The van der Waals surface area contributed by atoms with Crippen molar-refractivity contribution in [3.05, 3.63) is 64.7 Å². The number of nitrogens with one attached hydrogen (secondary N) is 1. The topological polar surface area (TPSA) is 116 Å². The van der Waals surface area contributed by atoms with E-state index in [0.29, 0.717) is 11.3 Å². The summed E-state index contributed by atoms with van der Waals surface area (Å²) in [6.45, 7) is 3.13. The number of carbonyl (C=O) groups excluding carboxylic acids is 1. The van der Waals surface area contributed by atoms with E-state index >= 15 is 0 Å². The van der Waals surface area contributed by atoms with E-state index in [1.54, 1.807) is 38.1 Å². The van der Waals surface area contributed by atoms with Crippen molar-refractivity contribution in [2.75, 3.05) is 17.1 Å². The van der Waals surface area contributed by atoms with Gasteiger partial charge in [-0.3, -0.25) is 9.10 Å². The van der Waals surface area contributed by atoms with Crippen LogP contribution in [0.1, 0.15) is 27.0 Å². The first-order valence-electron chi connectivity index (χ1n) is 8.29. The fourth-order valence-electron chi connectivity index (χ4n) is 2.62. The first-order chi connectivity index (χ1) is 13.1. The predicted molar refractivity (Wildman–Crippen MR) is 107 cm³/mol. The van der Waals surface area contributed by atoms with Crippen molar-refractivity contribution in [1.82, 2.24) is 5.43 Å². The molecule has 0 saturated carbocycles. The maximum Gasteiger partial charge on any atom is 0.335 e. The molecule has 0 aliphatic heterocycles. The van der Waals surface area contributed by atoms with Gasteiger partial charge >= 0.3 is 5.97 Å². The second-order valence-electron chi connectivity index (χ2n) is 6.23. The molecule has 0 radical (unpaired) electrons. The van der Waals surface area contributed by atoms with Gasteiger partial charge in [0.1, 0.15) is 6.54 Å². The number of amides is 1. The highest BCUT2D eigenvalue weighted by Crippen LogP contribution is 2.26. The summed E-state index contributed by atoms with van der Waals surface area (Å²) in [7, 11) is -3.68. The van der Waals surface area contributed by atoms with Gasteiger partial charge in [-0.1, -0.05) is 30.3 Å². The summed E-state index contributed by atoms with van der Waals surface area (Å²) in [4.78, 5) is 23.0. The molecule has 148 valence electrons. The number of aromatic carboxylic acids is 1. The molecular weight excluding hydrogens is 382 g/mol. The Labute approximate surface area is 163 Å². The van der Waals surface area contributed by atoms with Crippen LogP contribution in [0.25, 0.3) is 0 Å². The summed E-state index contributed by atoms with van der Waals surface area (Å²) < 4.78 is 25.5. The number of para-hydroxylation sites is 1. The molecule has 0 heterocycles. The van der Waals surface area contributed by atoms with Crippen molar-refractivity contribution in [3.63, 3.8) is 0 Å². The molecule has 9 heteroatoms. The smallest absolute Gasteiger partial charge is 0.335 e. The van der Waals surface area contributed by atoms with Crippen LogP contribution >= 0.6 is 0 Å². The molecule has 2 aromatic carbocycles. The van der Waals surface area contributed by atoms with E-state index in [-0.39, 0.29) is 5.56 Å². The second-order valence-corrected chi connectivity index (χ2v) is 8.14. The molecule has 0 atom stereocenters. The minimum atomic E-state index is -3.68. The zero-order chi connectivity index (χ0) is 20.9.